The molecule has 1 heterocycles. The fourth-order valence-corrected chi connectivity index (χ4v) is 4.16. The molecule has 0 radical (unpaired) electrons. The average Bonchev–Trinajstić information content (AvgIpc) is 3.51. The lowest BCUT2D eigenvalue weighted by atomic mass is 9.87. The standard InChI is InChI=1S/C26H32BrN3O/c1-26(2,3)22-13-9-21(10-14-22)18-30-25(31)29(17-20-7-8-20)24(28-30)6-4-5-19-11-15-23(27)16-12-19/h9-16,20H,4-8,17-18H2,1-3H3. The third kappa shape index (κ3) is 5.76. The number of halogens is 1. The van der Waals surface area contributed by atoms with Crippen LogP contribution < -0.4 is 5.69 Å². The molecule has 164 valence electrons. The molecule has 0 aliphatic heterocycles. The Balaban J connectivity index is 1.48. The van der Waals surface area contributed by atoms with Crippen LogP contribution in [-0.4, -0.2) is 14.3 Å². The monoisotopic (exact) mass is 481 g/mol. The Labute approximate surface area is 193 Å². The van der Waals surface area contributed by atoms with Crippen molar-refractivity contribution in [3.63, 3.8) is 0 Å². The van der Waals surface area contributed by atoms with Crippen LogP contribution in [0.15, 0.2) is 57.8 Å². The zero-order chi connectivity index (χ0) is 22.0. The van der Waals surface area contributed by atoms with Gasteiger partial charge in [-0.1, -0.05) is 73.1 Å². The molecule has 4 rings (SSSR count). The van der Waals surface area contributed by atoms with Crippen LogP contribution >= 0.6 is 15.9 Å². The van der Waals surface area contributed by atoms with Crippen molar-refractivity contribution in [3.05, 3.63) is 86.0 Å². The largest absolute Gasteiger partial charge is 0.346 e. The van der Waals surface area contributed by atoms with Gasteiger partial charge in [-0.15, -0.1) is 0 Å². The van der Waals surface area contributed by atoms with Crippen LogP contribution in [0.5, 0.6) is 0 Å². The summed E-state index contributed by atoms with van der Waals surface area (Å²) in [5, 5.41) is 4.76. The molecule has 4 nitrogen and oxygen atoms in total. The van der Waals surface area contributed by atoms with Gasteiger partial charge >= 0.3 is 5.69 Å². The summed E-state index contributed by atoms with van der Waals surface area (Å²) in [6, 6.07) is 17.1. The molecule has 1 fully saturated rings. The van der Waals surface area contributed by atoms with E-state index in [9.17, 15) is 4.79 Å². The van der Waals surface area contributed by atoms with Gasteiger partial charge in [-0.2, -0.15) is 5.10 Å². The quantitative estimate of drug-likeness (QED) is 0.411. The molecule has 5 heteroatoms. The first-order valence-electron chi connectivity index (χ1n) is 11.3. The Morgan fingerprint density at radius 1 is 0.968 bits per heavy atom. The van der Waals surface area contributed by atoms with Crippen molar-refractivity contribution in [2.45, 2.75) is 71.4 Å². The van der Waals surface area contributed by atoms with Gasteiger partial charge in [-0.05, 0) is 65.8 Å². The summed E-state index contributed by atoms with van der Waals surface area (Å²) in [5.74, 6) is 1.58. The lowest BCUT2D eigenvalue weighted by molar-refractivity contribution is 0.564. The summed E-state index contributed by atoms with van der Waals surface area (Å²) in [6.07, 6.45) is 5.26. The van der Waals surface area contributed by atoms with E-state index in [-0.39, 0.29) is 11.1 Å². The molecule has 0 unspecified atom stereocenters. The molecule has 1 aliphatic carbocycles. The Hall–Kier alpha value is -2.14. The van der Waals surface area contributed by atoms with Crippen molar-refractivity contribution < 1.29 is 0 Å². The molecule has 1 aliphatic rings. The molecular formula is C26H32BrN3O. The van der Waals surface area contributed by atoms with Crippen LogP contribution in [0.4, 0.5) is 0 Å². The Morgan fingerprint density at radius 3 is 2.23 bits per heavy atom. The predicted molar refractivity (Wildman–Crippen MR) is 130 cm³/mol. The molecule has 0 N–H and O–H groups in total. The molecule has 31 heavy (non-hydrogen) atoms. The zero-order valence-corrected chi connectivity index (χ0v) is 20.4. The molecule has 3 aromatic rings. The number of nitrogens with zero attached hydrogens (tertiary/aromatic N) is 3. The van der Waals surface area contributed by atoms with Gasteiger partial charge in [-0.3, -0.25) is 4.57 Å². The van der Waals surface area contributed by atoms with E-state index >= 15 is 0 Å². The van der Waals surface area contributed by atoms with E-state index < -0.39 is 0 Å². The summed E-state index contributed by atoms with van der Waals surface area (Å²) in [6.45, 7) is 7.99. The number of aryl methyl sites for hydroxylation is 2. The summed E-state index contributed by atoms with van der Waals surface area (Å²) in [7, 11) is 0. The Bertz CT molecular complexity index is 1070. The molecule has 0 atom stereocenters. The summed E-state index contributed by atoms with van der Waals surface area (Å²) < 4.78 is 4.69. The summed E-state index contributed by atoms with van der Waals surface area (Å²) in [5.41, 5.74) is 3.90. The molecule has 0 spiro atoms. The van der Waals surface area contributed by atoms with Crippen LogP contribution in [-0.2, 0) is 31.3 Å². The third-order valence-electron chi connectivity index (χ3n) is 6.07. The minimum Gasteiger partial charge on any atom is -0.279 e. The van der Waals surface area contributed by atoms with E-state index in [4.69, 9.17) is 5.10 Å². The fraction of sp³-hybridized carbons (Fsp3) is 0.462. The summed E-state index contributed by atoms with van der Waals surface area (Å²) >= 11 is 3.49. The van der Waals surface area contributed by atoms with Crippen molar-refractivity contribution in [1.29, 1.82) is 0 Å². The average molecular weight is 482 g/mol. The van der Waals surface area contributed by atoms with Crippen molar-refractivity contribution in [2.75, 3.05) is 0 Å². The maximum atomic E-state index is 13.1. The number of hydrogen-bond acceptors (Lipinski definition) is 2. The van der Waals surface area contributed by atoms with Gasteiger partial charge in [0.1, 0.15) is 5.82 Å². The van der Waals surface area contributed by atoms with Gasteiger partial charge in [-0.25, -0.2) is 9.48 Å². The van der Waals surface area contributed by atoms with Crippen molar-refractivity contribution in [1.82, 2.24) is 14.3 Å². The van der Waals surface area contributed by atoms with E-state index in [2.05, 4.69) is 85.2 Å². The highest BCUT2D eigenvalue weighted by Crippen LogP contribution is 2.30. The molecular weight excluding hydrogens is 450 g/mol. The first kappa shape index (κ1) is 22.1. The van der Waals surface area contributed by atoms with Gasteiger partial charge in [0.15, 0.2) is 0 Å². The summed E-state index contributed by atoms with van der Waals surface area (Å²) in [4.78, 5) is 13.1. The number of benzene rings is 2. The van der Waals surface area contributed by atoms with E-state index in [0.29, 0.717) is 12.5 Å². The van der Waals surface area contributed by atoms with E-state index in [1.807, 2.05) is 4.57 Å². The second-order valence-corrected chi connectivity index (χ2v) is 10.8. The van der Waals surface area contributed by atoms with Gasteiger partial charge < -0.3 is 0 Å². The SMILES string of the molecule is CC(C)(C)c1ccc(Cn2nc(CCCc3ccc(Br)cc3)n(CC3CC3)c2=O)cc1. The maximum absolute atomic E-state index is 13.1. The first-order chi connectivity index (χ1) is 14.8. The fourth-order valence-electron chi connectivity index (χ4n) is 3.90. The number of aromatic nitrogens is 3. The van der Waals surface area contributed by atoms with Crippen LogP contribution in [0.1, 0.15) is 62.5 Å². The van der Waals surface area contributed by atoms with Gasteiger partial charge in [0.2, 0.25) is 0 Å². The topological polar surface area (TPSA) is 39.8 Å². The minimum atomic E-state index is 0.0328. The third-order valence-corrected chi connectivity index (χ3v) is 6.60. The van der Waals surface area contributed by atoms with Crippen LogP contribution in [0.2, 0.25) is 0 Å². The van der Waals surface area contributed by atoms with Gasteiger partial charge in [0.25, 0.3) is 0 Å². The Morgan fingerprint density at radius 2 is 1.61 bits per heavy atom. The first-order valence-corrected chi connectivity index (χ1v) is 12.1. The zero-order valence-electron chi connectivity index (χ0n) is 18.8. The second-order valence-electron chi connectivity index (χ2n) is 9.84. The lowest BCUT2D eigenvalue weighted by Crippen LogP contribution is -2.26. The van der Waals surface area contributed by atoms with Crippen LogP contribution in [0.25, 0.3) is 0 Å². The normalized spacial score (nSPS) is 14.2. The highest BCUT2D eigenvalue weighted by Gasteiger charge is 2.25. The van der Waals surface area contributed by atoms with Crippen LogP contribution in [0.3, 0.4) is 0 Å². The van der Waals surface area contributed by atoms with Crippen LogP contribution in [0, 0.1) is 5.92 Å². The van der Waals surface area contributed by atoms with Gasteiger partial charge in [0, 0.05) is 17.4 Å². The molecule has 2 aromatic carbocycles. The van der Waals surface area contributed by atoms with Crippen molar-refractivity contribution >= 4 is 15.9 Å². The van der Waals surface area contributed by atoms with E-state index in [0.717, 1.165) is 41.7 Å². The van der Waals surface area contributed by atoms with Gasteiger partial charge in [0.05, 0.1) is 6.54 Å². The van der Waals surface area contributed by atoms with Crippen molar-refractivity contribution in [3.8, 4) is 0 Å². The van der Waals surface area contributed by atoms with E-state index in [1.165, 1.54) is 24.0 Å². The Kier molecular flexibility index (Phi) is 6.52. The molecule has 0 saturated heterocycles. The lowest BCUT2D eigenvalue weighted by Gasteiger charge is -2.19. The number of hydrogen-bond donors (Lipinski definition) is 0. The van der Waals surface area contributed by atoms with E-state index in [1.54, 1.807) is 4.68 Å². The highest BCUT2D eigenvalue weighted by atomic mass is 79.9. The minimum absolute atomic E-state index is 0.0328. The molecule has 1 saturated carbocycles. The smallest absolute Gasteiger partial charge is 0.279 e. The molecule has 0 amide bonds. The maximum Gasteiger partial charge on any atom is 0.346 e. The van der Waals surface area contributed by atoms with Crippen molar-refractivity contribution in [2.24, 2.45) is 5.92 Å². The molecule has 0 bridgehead atoms. The predicted octanol–water partition coefficient (Wildman–Crippen LogP) is 5.74. The highest BCUT2D eigenvalue weighted by molar-refractivity contribution is 9.10. The molecule has 1 aromatic heterocycles. The second kappa shape index (κ2) is 9.15. The number of rotatable bonds is 8.